The highest BCUT2D eigenvalue weighted by molar-refractivity contribution is 6.07. The van der Waals surface area contributed by atoms with Crippen LogP contribution < -0.4 is 0 Å². The number of rotatable bonds is 3. The number of ketones is 1. The Kier molecular flexibility index (Phi) is 3.50. The molecule has 5 heteroatoms. The van der Waals surface area contributed by atoms with Gasteiger partial charge in [0.05, 0.1) is 17.1 Å². The van der Waals surface area contributed by atoms with Gasteiger partial charge in [0.25, 0.3) is 0 Å². The number of aromatic nitrogens is 3. The number of carbonyl (C=O) groups is 1. The normalized spacial score (nSPS) is 10.9. The number of nitrogens with zero attached hydrogens (tertiary/aromatic N) is 4. The molecule has 0 aliphatic rings. The second-order valence-electron chi connectivity index (χ2n) is 4.85. The molecule has 0 bridgehead atoms. The molecule has 0 aliphatic heterocycles. The van der Waals surface area contributed by atoms with E-state index in [1.54, 1.807) is 35.0 Å². The molecule has 0 aliphatic carbocycles. The predicted octanol–water partition coefficient (Wildman–Crippen LogP) is 2.74. The molecule has 3 aromatic rings. The SMILES string of the molecule is Cn1nnc2cc(/C=C\C(=O)c3ccc(C#N)cc3)ccc21. The number of benzene rings is 2. The van der Waals surface area contributed by atoms with Crippen molar-refractivity contribution in [2.45, 2.75) is 0 Å². The van der Waals surface area contributed by atoms with Gasteiger partial charge in [-0.15, -0.1) is 5.10 Å². The minimum atomic E-state index is -0.108. The topological polar surface area (TPSA) is 71.6 Å². The Bertz CT molecular complexity index is 914. The first-order valence-corrected chi connectivity index (χ1v) is 6.69. The summed E-state index contributed by atoms with van der Waals surface area (Å²) in [4.78, 5) is 12.1. The molecule has 0 atom stereocenters. The number of hydrogen-bond acceptors (Lipinski definition) is 4. The monoisotopic (exact) mass is 288 g/mol. The molecule has 1 aromatic heterocycles. The number of nitriles is 1. The van der Waals surface area contributed by atoms with Gasteiger partial charge in [-0.05, 0) is 48.0 Å². The van der Waals surface area contributed by atoms with Gasteiger partial charge in [-0.1, -0.05) is 17.4 Å². The van der Waals surface area contributed by atoms with Crippen LogP contribution in [-0.2, 0) is 7.05 Å². The van der Waals surface area contributed by atoms with Gasteiger partial charge in [0.2, 0.25) is 0 Å². The van der Waals surface area contributed by atoms with Gasteiger partial charge < -0.3 is 0 Å². The first kappa shape index (κ1) is 13.7. The summed E-state index contributed by atoms with van der Waals surface area (Å²) in [7, 11) is 1.83. The molecule has 0 radical (unpaired) electrons. The van der Waals surface area contributed by atoms with Gasteiger partial charge in [-0.3, -0.25) is 4.79 Å². The van der Waals surface area contributed by atoms with E-state index in [4.69, 9.17) is 5.26 Å². The molecule has 5 nitrogen and oxygen atoms in total. The smallest absolute Gasteiger partial charge is 0.185 e. The summed E-state index contributed by atoms with van der Waals surface area (Å²) < 4.78 is 1.70. The first-order chi connectivity index (χ1) is 10.7. The molecule has 2 aromatic carbocycles. The molecular formula is C17H12N4O. The molecule has 0 N–H and O–H groups in total. The van der Waals surface area contributed by atoms with Crippen LogP contribution in [0.2, 0.25) is 0 Å². The number of fused-ring (bicyclic) bond motifs is 1. The summed E-state index contributed by atoms with van der Waals surface area (Å²) in [6.07, 6.45) is 3.26. The highest BCUT2D eigenvalue weighted by atomic mass is 16.1. The summed E-state index contributed by atoms with van der Waals surface area (Å²) >= 11 is 0. The molecule has 106 valence electrons. The van der Waals surface area contributed by atoms with E-state index in [2.05, 4.69) is 10.3 Å². The maximum absolute atomic E-state index is 12.1. The van der Waals surface area contributed by atoms with Crippen molar-refractivity contribution in [3.05, 3.63) is 65.2 Å². The van der Waals surface area contributed by atoms with Crippen LogP contribution in [0, 0.1) is 11.3 Å². The minimum Gasteiger partial charge on any atom is -0.289 e. The van der Waals surface area contributed by atoms with Gasteiger partial charge >= 0.3 is 0 Å². The lowest BCUT2D eigenvalue weighted by Crippen LogP contribution is -1.93. The highest BCUT2D eigenvalue weighted by Crippen LogP contribution is 2.14. The quantitative estimate of drug-likeness (QED) is 0.549. The fourth-order valence-electron chi connectivity index (χ4n) is 2.14. The zero-order valence-corrected chi connectivity index (χ0v) is 11.9. The first-order valence-electron chi connectivity index (χ1n) is 6.69. The third-order valence-corrected chi connectivity index (χ3v) is 3.36. The van der Waals surface area contributed by atoms with Crippen LogP contribution >= 0.6 is 0 Å². The Morgan fingerprint density at radius 3 is 2.73 bits per heavy atom. The molecule has 0 saturated heterocycles. The molecule has 0 fully saturated rings. The zero-order valence-electron chi connectivity index (χ0n) is 11.9. The molecule has 22 heavy (non-hydrogen) atoms. The zero-order chi connectivity index (χ0) is 15.5. The minimum absolute atomic E-state index is 0.108. The van der Waals surface area contributed by atoms with E-state index in [-0.39, 0.29) is 5.78 Å². The predicted molar refractivity (Wildman–Crippen MR) is 83.0 cm³/mol. The van der Waals surface area contributed by atoms with Crippen molar-refractivity contribution in [3.63, 3.8) is 0 Å². The average Bonchev–Trinajstić information content (AvgIpc) is 2.93. The summed E-state index contributed by atoms with van der Waals surface area (Å²) in [6.45, 7) is 0. The second kappa shape index (κ2) is 5.62. The molecular weight excluding hydrogens is 276 g/mol. The molecule has 0 spiro atoms. The van der Waals surface area contributed by atoms with Gasteiger partial charge in [-0.2, -0.15) is 5.26 Å². The lowest BCUT2D eigenvalue weighted by Gasteiger charge is -1.97. The van der Waals surface area contributed by atoms with Crippen molar-refractivity contribution in [1.29, 1.82) is 5.26 Å². The molecule has 1 heterocycles. The van der Waals surface area contributed by atoms with Crippen molar-refractivity contribution < 1.29 is 4.79 Å². The van der Waals surface area contributed by atoms with E-state index in [1.807, 2.05) is 31.3 Å². The lowest BCUT2D eigenvalue weighted by molar-refractivity contribution is 0.104. The fourth-order valence-corrected chi connectivity index (χ4v) is 2.14. The largest absolute Gasteiger partial charge is 0.289 e. The van der Waals surface area contributed by atoms with Gasteiger partial charge in [0, 0.05) is 12.6 Å². The Morgan fingerprint density at radius 2 is 2.00 bits per heavy atom. The van der Waals surface area contributed by atoms with Crippen molar-refractivity contribution in [1.82, 2.24) is 15.0 Å². The van der Waals surface area contributed by atoms with Crippen molar-refractivity contribution >= 4 is 22.9 Å². The summed E-state index contributed by atoms with van der Waals surface area (Å²) in [5, 5.41) is 16.7. The maximum Gasteiger partial charge on any atom is 0.185 e. The van der Waals surface area contributed by atoms with E-state index in [1.165, 1.54) is 6.08 Å². The third-order valence-electron chi connectivity index (χ3n) is 3.36. The van der Waals surface area contributed by atoms with Crippen LogP contribution in [-0.4, -0.2) is 20.8 Å². The number of aryl methyl sites for hydroxylation is 1. The Balaban J connectivity index is 1.82. The van der Waals surface area contributed by atoms with Crippen LogP contribution in [0.4, 0.5) is 0 Å². The fraction of sp³-hybridized carbons (Fsp3) is 0.0588. The Morgan fingerprint density at radius 1 is 1.23 bits per heavy atom. The van der Waals surface area contributed by atoms with E-state index in [9.17, 15) is 4.79 Å². The highest BCUT2D eigenvalue weighted by Gasteiger charge is 2.03. The van der Waals surface area contributed by atoms with Crippen molar-refractivity contribution in [2.24, 2.45) is 7.05 Å². The van der Waals surface area contributed by atoms with Crippen LogP contribution in [0.5, 0.6) is 0 Å². The van der Waals surface area contributed by atoms with Crippen LogP contribution in [0.1, 0.15) is 21.5 Å². The number of hydrogen-bond donors (Lipinski definition) is 0. The number of carbonyl (C=O) groups excluding carboxylic acids is 1. The molecule has 3 rings (SSSR count). The maximum atomic E-state index is 12.1. The van der Waals surface area contributed by atoms with E-state index < -0.39 is 0 Å². The van der Waals surface area contributed by atoms with Crippen molar-refractivity contribution in [2.75, 3.05) is 0 Å². The second-order valence-corrected chi connectivity index (χ2v) is 4.85. The van der Waals surface area contributed by atoms with Gasteiger partial charge in [0.15, 0.2) is 5.78 Å². The summed E-state index contributed by atoms with van der Waals surface area (Å²) in [6, 6.07) is 14.3. The van der Waals surface area contributed by atoms with Crippen LogP contribution in [0.15, 0.2) is 48.5 Å². The summed E-state index contributed by atoms with van der Waals surface area (Å²) in [5.74, 6) is -0.108. The molecule has 0 saturated carbocycles. The van der Waals surface area contributed by atoms with E-state index >= 15 is 0 Å². The van der Waals surface area contributed by atoms with E-state index in [0.717, 1.165) is 16.6 Å². The lowest BCUT2D eigenvalue weighted by atomic mass is 10.1. The number of allylic oxidation sites excluding steroid dienone is 1. The van der Waals surface area contributed by atoms with Gasteiger partial charge in [0.1, 0.15) is 5.52 Å². The molecule has 0 unspecified atom stereocenters. The Hall–Kier alpha value is -3.26. The standard InChI is InChI=1S/C17H12N4O/c1-21-16-8-4-12(10-15(16)19-20-21)5-9-17(22)14-6-2-13(11-18)3-7-14/h2-10H,1H3/b9-5-. The molecule has 0 amide bonds. The summed E-state index contributed by atoms with van der Waals surface area (Å²) in [5.41, 5.74) is 3.70. The van der Waals surface area contributed by atoms with Crippen LogP contribution in [0.3, 0.4) is 0 Å². The third kappa shape index (κ3) is 2.63. The average molecular weight is 288 g/mol. The Labute approximate surface area is 127 Å². The van der Waals surface area contributed by atoms with Crippen molar-refractivity contribution in [3.8, 4) is 6.07 Å². The van der Waals surface area contributed by atoms with Crippen LogP contribution in [0.25, 0.3) is 17.1 Å². The van der Waals surface area contributed by atoms with E-state index in [0.29, 0.717) is 11.1 Å². The van der Waals surface area contributed by atoms with Gasteiger partial charge in [-0.25, -0.2) is 4.68 Å².